The Balaban J connectivity index is 2.10. The number of carbonyl (C=O) groups is 1. The van der Waals surface area contributed by atoms with Gasteiger partial charge in [0.1, 0.15) is 0 Å². The highest BCUT2D eigenvalue weighted by atomic mass is 35.5. The van der Waals surface area contributed by atoms with Gasteiger partial charge >= 0.3 is 0 Å². The molecule has 0 heterocycles. The lowest BCUT2D eigenvalue weighted by atomic mass is 10.00. The van der Waals surface area contributed by atoms with Crippen LogP contribution in [0.25, 0.3) is 0 Å². The van der Waals surface area contributed by atoms with Crippen molar-refractivity contribution in [1.29, 1.82) is 0 Å². The molecule has 2 aromatic rings. The Morgan fingerprint density at radius 3 is 2.38 bits per heavy atom. The Kier molecular flexibility index (Phi) is 5.03. The summed E-state index contributed by atoms with van der Waals surface area (Å²) in [5.41, 5.74) is 5.23. The molecule has 0 spiro atoms. The number of hydrogen-bond acceptors (Lipinski definition) is 1. The highest BCUT2D eigenvalue weighted by Crippen LogP contribution is 2.19. The van der Waals surface area contributed by atoms with E-state index < -0.39 is 0 Å². The van der Waals surface area contributed by atoms with Gasteiger partial charge < -0.3 is 5.32 Å². The Bertz CT molecular complexity index is 634. The van der Waals surface area contributed by atoms with Gasteiger partial charge in [0.05, 0.1) is 6.04 Å². The first-order chi connectivity index (χ1) is 10.0. The lowest BCUT2D eigenvalue weighted by molar-refractivity contribution is 0.0940. The molecule has 0 aliphatic rings. The predicted octanol–water partition coefficient (Wildman–Crippen LogP) is 4.53. The Morgan fingerprint density at radius 1 is 1.14 bits per heavy atom. The number of aryl methyl sites for hydroxylation is 2. The lowest BCUT2D eigenvalue weighted by Gasteiger charge is -2.17. The molecule has 1 atom stereocenters. The van der Waals surface area contributed by atoms with Crippen molar-refractivity contribution in [2.75, 3.05) is 0 Å². The molecule has 1 amide bonds. The SMILES string of the molecule is Cc1ccc(C(C)NC(=O)c2ccc(CCl)cc2)c(C)c1. The van der Waals surface area contributed by atoms with Gasteiger partial charge in [0.2, 0.25) is 0 Å². The molecular formula is C18H20ClNO. The molecular weight excluding hydrogens is 282 g/mol. The number of rotatable bonds is 4. The van der Waals surface area contributed by atoms with Gasteiger partial charge in [-0.15, -0.1) is 11.6 Å². The quantitative estimate of drug-likeness (QED) is 0.826. The molecule has 2 aromatic carbocycles. The number of benzene rings is 2. The normalized spacial score (nSPS) is 12.0. The van der Waals surface area contributed by atoms with Gasteiger partial charge in [-0.2, -0.15) is 0 Å². The van der Waals surface area contributed by atoms with E-state index in [1.807, 2.05) is 31.2 Å². The van der Waals surface area contributed by atoms with E-state index in [4.69, 9.17) is 11.6 Å². The maximum absolute atomic E-state index is 12.3. The Hall–Kier alpha value is -1.80. The molecule has 0 aliphatic carbocycles. The van der Waals surface area contributed by atoms with Crippen LogP contribution in [0.5, 0.6) is 0 Å². The van der Waals surface area contributed by atoms with E-state index in [2.05, 4.69) is 37.4 Å². The van der Waals surface area contributed by atoms with Crippen molar-refractivity contribution in [3.63, 3.8) is 0 Å². The molecule has 0 saturated carbocycles. The largest absolute Gasteiger partial charge is 0.346 e. The van der Waals surface area contributed by atoms with Gasteiger partial charge in [-0.25, -0.2) is 0 Å². The third kappa shape index (κ3) is 3.85. The number of amides is 1. The maximum Gasteiger partial charge on any atom is 0.251 e. The molecule has 2 rings (SSSR count). The zero-order chi connectivity index (χ0) is 15.4. The molecule has 0 aromatic heterocycles. The van der Waals surface area contributed by atoms with Crippen molar-refractivity contribution in [3.05, 3.63) is 70.3 Å². The predicted molar refractivity (Wildman–Crippen MR) is 87.8 cm³/mol. The smallest absolute Gasteiger partial charge is 0.251 e. The summed E-state index contributed by atoms with van der Waals surface area (Å²) >= 11 is 5.75. The van der Waals surface area contributed by atoms with E-state index in [1.54, 1.807) is 0 Å². The van der Waals surface area contributed by atoms with Crippen LogP contribution in [-0.4, -0.2) is 5.91 Å². The number of halogens is 1. The van der Waals surface area contributed by atoms with Gasteiger partial charge in [0.15, 0.2) is 0 Å². The van der Waals surface area contributed by atoms with E-state index in [0.29, 0.717) is 11.4 Å². The van der Waals surface area contributed by atoms with Crippen LogP contribution < -0.4 is 5.32 Å². The summed E-state index contributed by atoms with van der Waals surface area (Å²) < 4.78 is 0. The van der Waals surface area contributed by atoms with Crippen molar-refractivity contribution in [2.24, 2.45) is 0 Å². The van der Waals surface area contributed by atoms with Crippen LogP contribution in [0.2, 0.25) is 0 Å². The van der Waals surface area contributed by atoms with Crippen molar-refractivity contribution in [3.8, 4) is 0 Å². The van der Waals surface area contributed by atoms with Crippen LogP contribution in [0.15, 0.2) is 42.5 Å². The van der Waals surface area contributed by atoms with E-state index in [0.717, 1.165) is 11.1 Å². The van der Waals surface area contributed by atoms with Crippen molar-refractivity contribution < 1.29 is 4.79 Å². The van der Waals surface area contributed by atoms with Crippen LogP contribution in [0.3, 0.4) is 0 Å². The molecule has 3 heteroatoms. The standard InChI is InChI=1S/C18H20ClNO/c1-12-4-9-17(13(2)10-12)14(3)20-18(21)16-7-5-15(11-19)6-8-16/h4-10,14H,11H2,1-3H3,(H,20,21). The van der Waals surface area contributed by atoms with Gasteiger partial charge in [-0.3, -0.25) is 4.79 Å². The van der Waals surface area contributed by atoms with Crippen molar-refractivity contribution in [2.45, 2.75) is 32.7 Å². The van der Waals surface area contributed by atoms with Crippen LogP contribution in [0, 0.1) is 13.8 Å². The second kappa shape index (κ2) is 6.77. The summed E-state index contributed by atoms with van der Waals surface area (Å²) in [7, 11) is 0. The van der Waals surface area contributed by atoms with E-state index in [9.17, 15) is 4.79 Å². The molecule has 0 fully saturated rings. The van der Waals surface area contributed by atoms with Crippen LogP contribution in [0.4, 0.5) is 0 Å². The summed E-state index contributed by atoms with van der Waals surface area (Å²) in [5, 5.41) is 3.04. The minimum atomic E-state index is -0.0661. The summed E-state index contributed by atoms with van der Waals surface area (Å²) in [5.74, 6) is 0.393. The molecule has 0 saturated heterocycles. The molecule has 1 N–H and O–H groups in total. The molecule has 21 heavy (non-hydrogen) atoms. The third-order valence-electron chi connectivity index (χ3n) is 3.61. The van der Waals surface area contributed by atoms with Gasteiger partial charge in [0, 0.05) is 11.4 Å². The van der Waals surface area contributed by atoms with Crippen LogP contribution in [0.1, 0.15) is 45.6 Å². The minimum Gasteiger partial charge on any atom is -0.346 e. The number of carbonyl (C=O) groups excluding carboxylic acids is 1. The minimum absolute atomic E-state index is 0.0224. The van der Waals surface area contributed by atoms with E-state index >= 15 is 0 Å². The second-order valence-corrected chi connectivity index (χ2v) is 5.65. The first kappa shape index (κ1) is 15.6. The number of nitrogens with one attached hydrogen (secondary N) is 1. The summed E-state index contributed by atoms with van der Waals surface area (Å²) in [6, 6.07) is 13.6. The van der Waals surface area contributed by atoms with Crippen LogP contribution >= 0.6 is 11.6 Å². The topological polar surface area (TPSA) is 29.1 Å². The molecule has 1 unspecified atom stereocenters. The highest BCUT2D eigenvalue weighted by molar-refractivity contribution is 6.17. The highest BCUT2D eigenvalue weighted by Gasteiger charge is 2.13. The Morgan fingerprint density at radius 2 is 1.81 bits per heavy atom. The average molecular weight is 302 g/mol. The summed E-state index contributed by atoms with van der Waals surface area (Å²) in [6.45, 7) is 6.14. The van der Waals surface area contributed by atoms with E-state index in [-0.39, 0.29) is 11.9 Å². The van der Waals surface area contributed by atoms with Crippen LogP contribution in [-0.2, 0) is 5.88 Å². The molecule has 110 valence electrons. The molecule has 0 aliphatic heterocycles. The number of alkyl halides is 1. The maximum atomic E-state index is 12.3. The van der Waals surface area contributed by atoms with Gasteiger partial charge in [0.25, 0.3) is 5.91 Å². The fourth-order valence-corrected chi connectivity index (χ4v) is 2.59. The third-order valence-corrected chi connectivity index (χ3v) is 3.92. The lowest BCUT2D eigenvalue weighted by Crippen LogP contribution is -2.27. The van der Waals surface area contributed by atoms with Crippen molar-refractivity contribution in [1.82, 2.24) is 5.32 Å². The fraction of sp³-hybridized carbons (Fsp3) is 0.278. The van der Waals surface area contributed by atoms with Gasteiger partial charge in [-0.1, -0.05) is 35.9 Å². The number of hydrogen-bond donors (Lipinski definition) is 1. The first-order valence-corrected chi connectivity index (χ1v) is 7.57. The average Bonchev–Trinajstić information content (AvgIpc) is 2.47. The van der Waals surface area contributed by atoms with Crippen molar-refractivity contribution >= 4 is 17.5 Å². The fourth-order valence-electron chi connectivity index (χ4n) is 2.41. The first-order valence-electron chi connectivity index (χ1n) is 7.04. The summed E-state index contributed by atoms with van der Waals surface area (Å²) in [6.07, 6.45) is 0. The molecule has 0 radical (unpaired) electrons. The zero-order valence-corrected chi connectivity index (χ0v) is 13.4. The Labute approximate surface area is 131 Å². The second-order valence-electron chi connectivity index (χ2n) is 5.39. The van der Waals surface area contributed by atoms with Gasteiger partial charge in [-0.05, 0) is 49.6 Å². The van der Waals surface area contributed by atoms with E-state index in [1.165, 1.54) is 11.1 Å². The zero-order valence-electron chi connectivity index (χ0n) is 12.6. The molecule has 2 nitrogen and oxygen atoms in total. The summed E-state index contributed by atoms with van der Waals surface area (Å²) in [4.78, 5) is 12.3. The monoisotopic (exact) mass is 301 g/mol. The molecule has 0 bridgehead atoms.